The number of amides is 1. The molecular weight excluding hydrogens is 278 g/mol. The molecule has 7 heteroatoms. The van der Waals surface area contributed by atoms with Crippen molar-refractivity contribution in [1.29, 1.82) is 0 Å². The average molecular weight is 291 g/mol. The first-order valence-electron chi connectivity index (χ1n) is 6.20. The van der Waals surface area contributed by atoms with Gasteiger partial charge in [-0.15, -0.1) is 11.8 Å². The van der Waals surface area contributed by atoms with Crippen LogP contribution in [0.3, 0.4) is 0 Å². The summed E-state index contributed by atoms with van der Waals surface area (Å²) in [6, 6.07) is 6.51. The summed E-state index contributed by atoms with van der Waals surface area (Å²) < 4.78 is 0. The van der Waals surface area contributed by atoms with Crippen LogP contribution in [-0.2, 0) is 4.79 Å². The maximum absolute atomic E-state index is 12.6. The Bertz CT molecular complexity index is 684. The number of nitrogens with one attached hydrogen (secondary N) is 1. The predicted octanol–water partition coefficient (Wildman–Crippen LogP) is 1.55. The Balaban J connectivity index is 2.01. The first-order valence-corrected chi connectivity index (χ1v) is 7.24. The van der Waals surface area contributed by atoms with Crippen molar-refractivity contribution >= 4 is 34.5 Å². The highest BCUT2D eigenvalue weighted by Gasteiger charge is 2.40. The van der Waals surface area contributed by atoms with E-state index in [1.54, 1.807) is 6.07 Å². The molecule has 1 aliphatic heterocycles. The van der Waals surface area contributed by atoms with Crippen LogP contribution in [0.15, 0.2) is 24.3 Å². The molecule has 0 aliphatic carbocycles. The number of hydrogen-bond donors (Lipinski definition) is 2. The number of carbonyl (C=O) groups is 2. The van der Waals surface area contributed by atoms with E-state index in [0.717, 1.165) is 5.52 Å². The Kier molecular flexibility index (Phi) is 3.13. The third-order valence-electron chi connectivity index (χ3n) is 3.42. The molecule has 6 nitrogen and oxygen atoms in total. The molecular formula is C13H13N3O3S. The monoisotopic (exact) mass is 291 g/mol. The van der Waals surface area contributed by atoms with Gasteiger partial charge in [0, 0.05) is 11.1 Å². The maximum atomic E-state index is 12.6. The molecule has 20 heavy (non-hydrogen) atoms. The van der Waals surface area contributed by atoms with Crippen molar-refractivity contribution in [3.8, 4) is 0 Å². The number of benzene rings is 1. The smallest absolute Gasteiger partial charge is 0.327 e. The standard InChI is InChI=1S/C13H13N3O3S/c1-7-16(10(6-20-7)13(18)19)12(17)11-8-4-2-3-5-9(8)14-15-11/h2-5,7,10H,6H2,1H3,(H,14,15)(H,18,19). The van der Waals surface area contributed by atoms with Gasteiger partial charge in [-0.3, -0.25) is 9.89 Å². The summed E-state index contributed by atoms with van der Waals surface area (Å²) in [5, 5.41) is 16.6. The molecule has 0 radical (unpaired) electrons. The molecule has 3 rings (SSSR count). The highest BCUT2D eigenvalue weighted by atomic mass is 32.2. The molecule has 1 fully saturated rings. The molecule has 2 atom stereocenters. The fourth-order valence-corrected chi connectivity index (χ4v) is 3.56. The van der Waals surface area contributed by atoms with Gasteiger partial charge >= 0.3 is 5.97 Å². The van der Waals surface area contributed by atoms with E-state index >= 15 is 0 Å². The molecule has 1 aromatic carbocycles. The van der Waals surface area contributed by atoms with Gasteiger partial charge in [-0.25, -0.2) is 4.79 Å². The van der Waals surface area contributed by atoms with E-state index < -0.39 is 12.0 Å². The Hall–Kier alpha value is -2.02. The van der Waals surface area contributed by atoms with Gasteiger partial charge < -0.3 is 10.0 Å². The molecule has 1 aliphatic rings. The molecule has 1 saturated heterocycles. The summed E-state index contributed by atoms with van der Waals surface area (Å²) in [4.78, 5) is 25.3. The van der Waals surface area contributed by atoms with Crippen LogP contribution < -0.4 is 0 Å². The van der Waals surface area contributed by atoms with Crippen LogP contribution >= 0.6 is 11.8 Å². The number of thioether (sulfide) groups is 1. The average Bonchev–Trinajstić information content (AvgIpc) is 3.01. The van der Waals surface area contributed by atoms with E-state index in [-0.39, 0.29) is 17.0 Å². The summed E-state index contributed by atoms with van der Waals surface area (Å²) >= 11 is 1.46. The summed E-state index contributed by atoms with van der Waals surface area (Å²) in [6.07, 6.45) is 0. The Morgan fingerprint density at radius 3 is 2.95 bits per heavy atom. The third kappa shape index (κ3) is 1.94. The zero-order valence-corrected chi connectivity index (χ0v) is 11.6. The second kappa shape index (κ2) is 4.82. The zero-order chi connectivity index (χ0) is 14.3. The molecule has 2 aromatic rings. The van der Waals surface area contributed by atoms with Crippen LogP contribution in [0.2, 0.25) is 0 Å². The number of carboxylic acid groups (broad SMARTS) is 1. The first kappa shape index (κ1) is 13.0. The van der Waals surface area contributed by atoms with Crippen molar-refractivity contribution in [2.45, 2.75) is 18.3 Å². The second-order valence-corrected chi connectivity index (χ2v) is 5.97. The van der Waals surface area contributed by atoms with Gasteiger partial charge in [0.2, 0.25) is 0 Å². The van der Waals surface area contributed by atoms with Crippen molar-refractivity contribution in [2.75, 3.05) is 5.75 Å². The van der Waals surface area contributed by atoms with Crippen LogP contribution in [-0.4, -0.2) is 49.2 Å². The van der Waals surface area contributed by atoms with Gasteiger partial charge in [0.25, 0.3) is 5.91 Å². The Morgan fingerprint density at radius 1 is 1.45 bits per heavy atom. The van der Waals surface area contributed by atoms with E-state index in [2.05, 4.69) is 10.2 Å². The predicted molar refractivity (Wildman–Crippen MR) is 75.6 cm³/mol. The van der Waals surface area contributed by atoms with Gasteiger partial charge in [0.1, 0.15) is 6.04 Å². The largest absolute Gasteiger partial charge is 0.480 e. The number of rotatable bonds is 2. The number of fused-ring (bicyclic) bond motifs is 1. The number of para-hydroxylation sites is 1. The normalized spacial score (nSPS) is 22.4. The van der Waals surface area contributed by atoms with Crippen LogP contribution in [0.25, 0.3) is 10.9 Å². The van der Waals surface area contributed by atoms with Crippen LogP contribution in [0.5, 0.6) is 0 Å². The van der Waals surface area contributed by atoms with Gasteiger partial charge in [-0.1, -0.05) is 18.2 Å². The number of aromatic nitrogens is 2. The summed E-state index contributed by atoms with van der Waals surface area (Å²) in [6.45, 7) is 1.83. The van der Waals surface area contributed by atoms with Crippen molar-refractivity contribution in [2.24, 2.45) is 0 Å². The van der Waals surface area contributed by atoms with E-state index in [1.165, 1.54) is 16.7 Å². The van der Waals surface area contributed by atoms with Crippen LogP contribution in [0, 0.1) is 0 Å². The number of aromatic amines is 1. The summed E-state index contributed by atoms with van der Waals surface area (Å²) in [5.41, 5.74) is 1.04. The van der Waals surface area contributed by atoms with Crippen LogP contribution in [0.1, 0.15) is 17.4 Å². The molecule has 0 saturated carbocycles. The van der Waals surface area contributed by atoms with Gasteiger partial charge in [0.15, 0.2) is 5.69 Å². The number of carboxylic acids is 1. The number of aliphatic carboxylic acids is 1. The molecule has 2 heterocycles. The minimum atomic E-state index is -0.977. The van der Waals surface area contributed by atoms with Crippen molar-refractivity contribution in [1.82, 2.24) is 15.1 Å². The van der Waals surface area contributed by atoms with Crippen molar-refractivity contribution < 1.29 is 14.7 Å². The molecule has 1 amide bonds. The highest BCUT2D eigenvalue weighted by Crippen LogP contribution is 2.31. The first-order chi connectivity index (χ1) is 9.59. The number of hydrogen-bond acceptors (Lipinski definition) is 4. The van der Waals surface area contributed by atoms with Crippen molar-refractivity contribution in [3.63, 3.8) is 0 Å². The lowest BCUT2D eigenvalue weighted by Gasteiger charge is -2.24. The van der Waals surface area contributed by atoms with E-state index in [0.29, 0.717) is 11.1 Å². The fraction of sp³-hybridized carbons (Fsp3) is 0.308. The van der Waals surface area contributed by atoms with E-state index in [4.69, 9.17) is 0 Å². The van der Waals surface area contributed by atoms with Crippen LogP contribution in [0.4, 0.5) is 0 Å². The van der Waals surface area contributed by atoms with Gasteiger partial charge in [-0.05, 0) is 13.0 Å². The lowest BCUT2D eigenvalue weighted by atomic mass is 10.1. The van der Waals surface area contributed by atoms with E-state index in [9.17, 15) is 14.7 Å². The topological polar surface area (TPSA) is 86.3 Å². The lowest BCUT2D eigenvalue weighted by Crippen LogP contribution is -2.45. The highest BCUT2D eigenvalue weighted by molar-refractivity contribution is 8.00. The number of carbonyl (C=O) groups excluding carboxylic acids is 1. The molecule has 0 bridgehead atoms. The minimum absolute atomic E-state index is 0.168. The van der Waals surface area contributed by atoms with Gasteiger partial charge in [0.05, 0.1) is 10.9 Å². The van der Waals surface area contributed by atoms with Crippen molar-refractivity contribution in [3.05, 3.63) is 30.0 Å². The zero-order valence-electron chi connectivity index (χ0n) is 10.7. The molecule has 2 N–H and O–H groups in total. The van der Waals surface area contributed by atoms with E-state index in [1.807, 2.05) is 25.1 Å². The third-order valence-corrected chi connectivity index (χ3v) is 4.63. The second-order valence-electron chi connectivity index (χ2n) is 4.62. The SMILES string of the molecule is CC1SCC(C(=O)O)N1C(=O)c1n[nH]c2ccccc12. The quantitative estimate of drug-likeness (QED) is 0.876. The summed E-state index contributed by atoms with van der Waals surface area (Å²) in [7, 11) is 0. The fourth-order valence-electron chi connectivity index (χ4n) is 2.39. The maximum Gasteiger partial charge on any atom is 0.327 e. The molecule has 0 spiro atoms. The molecule has 104 valence electrons. The molecule has 1 aromatic heterocycles. The number of H-pyrrole nitrogens is 1. The van der Waals surface area contributed by atoms with Gasteiger partial charge in [-0.2, -0.15) is 5.10 Å². The minimum Gasteiger partial charge on any atom is -0.480 e. The number of nitrogens with zero attached hydrogens (tertiary/aromatic N) is 2. The Morgan fingerprint density at radius 2 is 2.20 bits per heavy atom. The Labute approximate surface area is 119 Å². The molecule has 2 unspecified atom stereocenters. The summed E-state index contributed by atoms with van der Waals surface area (Å²) in [5.74, 6) is -0.910. The lowest BCUT2D eigenvalue weighted by molar-refractivity contribution is -0.141.